The molecule has 0 aromatic carbocycles. The number of morpholine rings is 1. The maximum absolute atomic E-state index is 6.13. The van der Waals surface area contributed by atoms with Gasteiger partial charge < -0.3 is 15.4 Å². The second kappa shape index (κ2) is 8.41. The number of nitrogens with two attached hydrogens (primary N) is 1. The summed E-state index contributed by atoms with van der Waals surface area (Å²) >= 11 is 0. The molecule has 0 aromatic rings. The fraction of sp³-hybridized carbons (Fsp3) is 0.933. The van der Waals surface area contributed by atoms with Gasteiger partial charge in [-0.05, 0) is 31.1 Å². The summed E-state index contributed by atoms with van der Waals surface area (Å²) in [7, 11) is 0. The van der Waals surface area contributed by atoms with E-state index >= 15 is 0 Å². The Hall–Kier alpha value is -0.0400. The molecule has 1 heterocycles. The van der Waals surface area contributed by atoms with Gasteiger partial charge in [-0.3, -0.25) is 4.99 Å². The lowest BCUT2D eigenvalue weighted by atomic mass is 9.74. The van der Waals surface area contributed by atoms with Crippen molar-refractivity contribution in [3.63, 3.8) is 0 Å². The Morgan fingerprint density at radius 2 is 2.05 bits per heavy atom. The lowest BCUT2D eigenvalue weighted by Crippen LogP contribution is -2.48. The highest BCUT2D eigenvalue weighted by atomic mass is 127. The minimum atomic E-state index is 0. The van der Waals surface area contributed by atoms with Crippen LogP contribution in [-0.2, 0) is 4.74 Å². The maximum atomic E-state index is 6.13. The van der Waals surface area contributed by atoms with E-state index in [-0.39, 0.29) is 30.1 Å². The monoisotopic (exact) mass is 395 g/mol. The van der Waals surface area contributed by atoms with Gasteiger partial charge in [0.15, 0.2) is 5.96 Å². The van der Waals surface area contributed by atoms with Crippen LogP contribution in [-0.4, -0.2) is 43.2 Å². The van der Waals surface area contributed by atoms with Gasteiger partial charge in [-0.25, -0.2) is 0 Å². The van der Waals surface area contributed by atoms with Gasteiger partial charge in [0.2, 0.25) is 0 Å². The Morgan fingerprint density at radius 3 is 2.75 bits per heavy atom. The highest BCUT2D eigenvalue weighted by molar-refractivity contribution is 14.0. The summed E-state index contributed by atoms with van der Waals surface area (Å²) < 4.78 is 5.53. The molecule has 0 amide bonds. The number of halogens is 1. The van der Waals surface area contributed by atoms with Crippen LogP contribution in [0, 0.1) is 17.8 Å². The largest absolute Gasteiger partial charge is 0.375 e. The Kier molecular flexibility index (Phi) is 7.58. The van der Waals surface area contributed by atoms with Crippen molar-refractivity contribution in [2.24, 2.45) is 28.5 Å². The second-order valence-corrected chi connectivity index (χ2v) is 6.35. The van der Waals surface area contributed by atoms with Gasteiger partial charge in [0.05, 0.1) is 12.7 Å². The molecule has 4 atom stereocenters. The molecule has 0 bridgehead atoms. The number of hydrogen-bond acceptors (Lipinski definition) is 2. The van der Waals surface area contributed by atoms with Crippen LogP contribution in [0.5, 0.6) is 0 Å². The van der Waals surface area contributed by atoms with Crippen molar-refractivity contribution in [2.75, 3.05) is 26.2 Å². The summed E-state index contributed by atoms with van der Waals surface area (Å²) in [5, 5.41) is 0. The number of guanidine groups is 1. The van der Waals surface area contributed by atoms with Gasteiger partial charge in [0.25, 0.3) is 0 Å². The standard InChI is InChI=1S/C15H29N3O.HI/c1-11-5-4-6-14(13(11)3)9-17-15(16)18-7-8-19-12(2)10-18;/h11-14H,4-10H2,1-3H3,(H2,16,17);1H. The van der Waals surface area contributed by atoms with E-state index in [1.54, 1.807) is 0 Å². The molecule has 0 aromatic heterocycles. The first-order valence-electron chi connectivity index (χ1n) is 7.74. The second-order valence-electron chi connectivity index (χ2n) is 6.35. The molecule has 2 fully saturated rings. The van der Waals surface area contributed by atoms with Crippen molar-refractivity contribution in [1.82, 2.24) is 4.90 Å². The fourth-order valence-electron chi connectivity index (χ4n) is 3.29. The molecule has 5 heteroatoms. The maximum Gasteiger partial charge on any atom is 0.191 e. The molecule has 1 saturated heterocycles. The average Bonchev–Trinajstić information content (AvgIpc) is 2.40. The summed E-state index contributed by atoms with van der Waals surface area (Å²) in [6.45, 7) is 10.2. The molecule has 2 aliphatic rings. The summed E-state index contributed by atoms with van der Waals surface area (Å²) in [6.07, 6.45) is 4.29. The first-order valence-corrected chi connectivity index (χ1v) is 7.74. The van der Waals surface area contributed by atoms with Crippen LogP contribution < -0.4 is 5.73 Å². The van der Waals surface area contributed by atoms with Crippen molar-refractivity contribution in [3.8, 4) is 0 Å². The number of hydrogen-bond donors (Lipinski definition) is 1. The van der Waals surface area contributed by atoms with E-state index in [1.165, 1.54) is 19.3 Å². The van der Waals surface area contributed by atoms with Crippen LogP contribution in [0.1, 0.15) is 40.0 Å². The van der Waals surface area contributed by atoms with Crippen molar-refractivity contribution in [2.45, 2.75) is 46.1 Å². The molecule has 118 valence electrons. The summed E-state index contributed by atoms with van der Waals surface area (Å²) in [6, 6.07) is 0. The quantitative estimate of drug-likeness (QED) is 0.445. The SMILES string of the molecule is CC1CN(C(N)=NCC2CCCC(C)C2C)CCO1.I. The first-order chi connectivity index (χ1) is 9.08. The third-order valence-corrected chi connectivity index (χ3v) is 4.93. The molecule has 20 heavy (non-hydrogen) atoms. The van der Waals surface area contributed by atoms with Crippen LogP contribution in [0.15, 0.2) is 4.99 Å². The van der Waals surface area contributed by atoms with E-state index in [9.17, 15) is 0 Å². The summed E-state index contributed by atoms with van der Waals surface area (Å²) in [4.78, 5) is 6.81. The Balaban J connectivity index is 0.00000200. The van der Waals surface area contributed by atoms with Crippen LogP contribution in [0.3, 0.4) is 0 Å². The number of nitrogens with zero attached hydrogens (tertiary/aromatic N) is 2. The molecular formula is C15H30IN3O. The minimum Gasteiger partial charge on any atom is -0.375 e. The smallest absolute Gasteiger partial charge is 0.191 e. The Morgan fingerprint density at radius 1 is 1.30 bits per heavy atom. The predicted octanol–water partition coefficient (Wildman–Crippen LogP) is 2.71. The van der Waals surface area contributed by atoms with Gasteiger partial charge in [-0.1, -0.05) is 26.7 Å². The normalized spacial score (nSPS) is 35.5. The highest BCUT2D eigenvalue weighted by Gasteiger charge is 2.27. The molecule has 2 N–H and O–H groups in total. The number of ether oxygens (including phenoxy) is 1. The van der Waals surface area contributed by atoms with E-state index in [2.05, 4.69) is 30.7 Å². The third-order valence-electron chi connectivity index (χ3n) is 4.93. The van der Waals surface area contributed by atoms with Crippen LogP contribution in [0.25, 0.3) is 0 Å². The minimum absolute atomic E-state index is 0. The van der Waals surface area contributed by atoms with Gasteiger partial charge >= 0.3 is 0 Å². The first kappa shape index (κ1) is 18.0. The zero-order valence-electron chi connectivity index (χ0n) is 13.0. The summed E-state index contributed by atoms with van der Waals surface area (Å²) in [5.74, 6) is 3.02. The van der Waals surface area contributed by atoms with Crippen molar-refractivity contribution in [1.29, 1.82) is 0 Å². The van der Waals surface area contributed by atoms with E-state index in [0.29, 0.717) is 11.9 Å². The average molecular weight is 395 g/mol. The third kappa shape index (κ3) is 4.76. The molecule has 4 nitrogen and oxygen atoms in total. The molecule has 1 aliphatic heterocycles. The molecule has 4 unspecified atom stereocenters. The lowest BCUT2D eigenvalue weighted by molar-refractivity contribution is 0.00523. The zero-order chi connectivity index (χ0) is 13.8. The molecule has 0 radical (unpaired) electrons. The molecular weight excluding hydrogens is 365 g/mol. The van der Waals surface area contributed by atoms with Gasteiger partial charge in [0.1, 0.15) is 0 Å². The lowest BCUT2D eigenvalue weighted by Gasteiger charge is -2.34. The Labute approximate surface area is 140 Å². The number of aliphatic imine (C=N–C) groups is 1. The van der Waals surface area contributed by atoms with Gasteiger partial charge in [0, 0.05) is 19.6 Å². The van der Waals surface area contributed by atoms with E-state index in [4.69, 9.17) is 10.5 Å². The topological polar surface area (TPSA) is 50.8 Å². The zero-order valence-corrected chi connectivity index (χ0v) is 15.4. The molecule has 0 spiro atoms. The molecule has 2 rings (SSSR count). The van der Waals surface area contributed by atoms with Crippen LogP contribution in [0.4, 0.5) is 0 Å². The molecule has 1 aliphatic carbocycles. The van der Waals surface area contributed by atoms with Crippen molar-refractivity contribution >= 4 is 29.9 Å². The summed E-state index contributed by atoms with van der Waals surface area (Å²) in [5.41, 5.74) is 6.13. The predicted molar refractivity (Wildman–Crippen MR) is 94.6 cm³/mol. The van der Waals surface area contributed by atoms with Gasteiger partial charge in [-0.15, -0.1) is 24.0 Å². The van der Waals surface area contributed by atoms with Crippen LogP contribution in [0.2, 0.25) is 0 Å². The van der Waals surface area contributed by atoms with Crippen LogP contribution >= 0.6 is 24.0 Å². The number of rotatable bonds is 2. The van der Waals surface area contributed by atoms with Gasteiger partial charge in [-0.2, -0.15) is 0 Å². The fourth-order valence-corrected chi connectivity index (χ4v) is 3.29. The molecule has 1 saturated carbocycles. The van der Waals surface area contributed by atoms with Crippen molar-refractivity contribution < 1.29 is 4.74 Å². The Bertz CT molecular complexity index is 324. The highest BCUT2D eigenvalue weighted by Crippen LogP contribution is 2.34. The van der Waals surface area contributed by atoms with Crippen molar-refractivity contribution in [3.05, 3.63) is 0 Å². The van der Waals surface area contributed by atoms with E-state index in [1.807, 2.05) is 0 Å². The van der Waals surface area contributed by atoms with E-state index in [0.717, 1.165) is 38.1 Å². The van der Waals surface area contributed by atoms with E-state index < -0.39 is 0 Å².